The third-order valence-electron chi connectivity index (χ3n) is 5.41. The van der Waals surface area contributed by atoms with Gasteiger partial charge in [0, 0.05) is 17.0 Å². The molecule has 4 aromatic heterocycles. The van der Waals surface area contributed by atoms with Crippen molar-refractivity contribution in [3.63, 3.8) is 0 Å². The first-order valence-corrected chi connectivity index (χ1v) is 11.1. The quantitative estimate of drug-likeness (QED) is 0.347. The first kappa shape index (κ1) is 24.3. The van der Waals surface area contributed by atoms with Crippen LogP contribution < -0.4 is 5.32 Å². The van der Waals surface area contributed by atoms with Crippen molar-refractivity contribution < 1.29 is 23.1 Å². The number of nitrogens with zero attached hydrogens (tertiary/aromatic N) is 7. The summed E-state index contributed by atoms with van der Waals surface area (Å²) in [5, 5.41) is 25.0. The Morgan fingerprint density at radius 1 is 1.05 bits per heavy atom. The Kier molecular flexibility index (Phi) is 6.09. The molecule has 0 fully saturated rings. The summed E-state index contributed by atoms with van der Waals surface area (Å²) < 4.78 is 43.4. The highest BCUT2D eigenvalue weighted by molar-refractivity contribution is 6.32. The van der Waals surface area contributed by atoms with Gasteiger partial charge in [0.25, 0.3) is 5.91 Å². The van der Waals surface area contributed by atoms with Gasteiger partial charge in [0.05, 0.1) is 58.5 Å². The van der Waals surface area contributed by atoms with Crippen LogP contribution in [0, 0.1) is 0 Å². The van der Waals surface area contributed by atoms with Gasteiger partial charge < -0.3 is 10.4 Å². The first-order valence-electron chi connectivity index (χ1n) is 10.7. The predicted octanol–water partition coefficient (Wildman–Crippen LogP) is 4.37. The lowest BCUT2D eigenvalue weighted by atomic mass is 10.1. The summed E-state index contributed by atoms with van der Waals surface area (Å²) >= 11 is 6.19. The van der Waals surface area contributed by atoms with Gasteiger partial charge in [0.2, 0.25) is 0 Å². The summed E-state index contributed by atoms with van der Waals surface area (Å²) in [6.07, 6.45) is 0.397. The van der Waals surface area contributed by atoms with Crippen molar-refractivity contribution in [2.75, 3.05) is 5.32 Å². The summed E-state index contributed by atoms with van der Waals surface area (Å²) in [7, 11) is 0. The van der Waals surface area contributed by atoms with E-state index in [0.717, 1.165) is 11.0 Å². The van der Waals surface area contributed by atoms with Crippen molar-refractivity contribution in [1.29, 1.82) is 0 Å². The van der Waals surface area contributed by atoms with E-state index in [4.69, 9.17) is 11.6 Å². The molecule has 0 aliphatic rings. The second kappa shape index (κ2) is 9.26. The highest BCUT2D eigenvalue weighted by atomic mass is 35.5. The van der Waals surface area contributed by atoms with Crippen LogP contribution in [0.1, 0.15) is 34.8 Å². The molecule has 37 heavy (non-hydrogen) atoms. The minimum absolute atomic E-state index is 0.0598. The van der Waals surface area contributed by atoms with Gasteiger partial charge in [-0.15, -0.1) is 4.80 Å². The average Bonchev–Trinajstić information content (AvgIpc) is 3.54. The third kappa shape index (κ3) is 4.49. The molecule has 188 valence electrons. The molecule has 5 rings (SSSR count). The maximum absolute atomic E-state index is 14.3. The molecule has 0 bridgehead atoms. The fraction of sp³-hybridized carbons (Fsp3) is 0.130. The molecule has 0 saturated heterocycles. The summed E-state index contributed by atoms with van der Waals surface area (Å²) in [5.41, 5.74) is -1.55. The van der Waals surface area contributed by atoms with Crippen LogP contribution >= 0.6 is 11.6 Å². The zero-order valence-electron chi connectivity index (χ0n) is 18.8. The van der Waals surface area contributed by atoms with E-state index in [2.05, 4.69) is 30.6 Å². The van der Waals surface area contributed by atoms with Crippen LogP contribution in [0.3, 0.4) is 0 Å². The number of nitrogens with one attached hydrogen (secondary N) is 1. The van der Waals surface area contributed by atoms with Crippen LogP contribution in [0.4, 0.5) is 18.9 Å². The minimum Gasteiger partial charge on any atom is -0.387 e. The zero-order valence-corrected chi connectivity index (χ0v) is 19.6. The Morgan fingerprint density at radius 3 is 2.49 bits per heavy atom. The van der Waals surface area contributed by atoms with E-state index in [1.807, 2.05) is 0 Å². The van der Waals surface area contributed by atoms with Crippen molar-refractivity contribution in [2.24, 2.45) is 0 Å². The lowest BCUT2D eigenvalue weighted by molar-refractivity contribution is -0.143. The maximum Gasteiger partial charge on any atom is 0.434 e. The minimum atomic E-state index is -4.93. The lowest BCUT2D eigenvalue weighted by Gasteiger charge is -2.16. The average molecular weight is 529 g/mol. The van der Waals surface area contributed by atoms with Crippen molar-refractivity contribution in [3.05, 3.63) is 83.3 Å². The number of rotatable bonds is 5. The van der Waals surface area contributed by atoms with Crippen LogP contribution in [-0.4, -0.2) is 45.8 Å². The third-order valence-corrected chi connectivity index (χ3v) is 5.69. The number of benzene rings is 1. The van der Waals surface area contributed by atoms with Crippen LogP contribution in [0.5, 0.6) is 0 Å². The van der Waals surface area contributed by atoms with Crippen molar-refractivity contribution in [3.8, 4) is 11.5 Å². The molecule has 0 spiro atoms. The summed E-state index contributed by atoms with van der Waals surface area (Å²) in [5.74, 6) is -0.886. The Balaban J connectivity index is 1.55. The van der Waals surface area contributed by atoms with E-state index >= 15 is 0 Å². The molecular weight excluding hydrogens is 513 g/mol. The molecule has 0 aliphatic heterocycles. The van der Waals surface area contributed by atoms with Gasteiger partial charge in [-0.05, 0) is 25.1 Å². The number of amides is 1. The summed E-state index contributed by atoms with van der Waals surface area (Å²) in [6.45, 7) is 1.51. The molecular formula is C23H16ClF3N8O2. The van der Waals surface area contributed by atoms with Gasteiger partial charge in [0.1, 0.15) is 0 Å². The molecule has 0 unspecified atom stereocenters. The molecule has 14 heteroatoms. The highest BCUT2D eigenvalue weighted by Crippen LogP contribution is 2.36. The van der Waals surface area contributed by atoms with Crippen LogP contribution in [-0.2, 0) is 6.18 Å². The van der Waals surface area contributed by atoms with Gasteiger partial charge in [-0.3, -0.25) is 9.78 Å². The Morgan fingerprint density at radius 2 is 1.81 bits per heavy atom. The standard InChI is InChI=1S/C23H16ClF3N8O2/c1-12(36)19-15-3-2-4-18(14(15)5-6-28-19)34-20(23(25,26)27)16(11-32-34)22(37)33-13-9-17(24)21(29-10-13)35-30-7-8-31-35/h2-12,36H,1H3,(H,33,37)/t12-/m1/s1. The largest absolute Gasteiger partial charge is 0.434 e. The number of halogens is 4. The zero-order chi connectivity index (χ0) is 26.3. The number of pyridine rings is 2. The number of aromatic nitrogens is 7. The SMILES string of the molecule is C[C@@H](O)c1nccc2c(-n3ncc(C(=O)Nc4cnc(-n5nccn5)c(Cl)c4)c3C(F)(F)F)cccc12. The van der Waals surface area contributed by atoms with Crippen LogP contribution in [0.25, 0.3) is 22.3 Å². The van der Waals surface area contributed by atoms with Gasteiger partial charge in [-0.2, -0.15) is 28.5 Å². The van der Waals surface area contributed by atoms with E-state index in [1.165, 1.54) is 56.0 Å². The number of anilines is 1. The van der Waals surface area contributed by atoms with Gasteiger partial charge >= 0.3 is 6.18 Å². The van der Waals surface area contributed by atoms with Crippen molar-refractivity contribution in [2.45, 2.75) is 19.2 Å². The molecule has 2 N–H and O–H groups in total. The second-order valence-corrected chi connectivity index (χ2v) is 8.27. The van der Waals surface area contributed by atoms with Crippen molar-refractivity contribution >= 4 is 34.0 Å². The number of hydrogen-bond acceptors (Lipinski definition) is 7. The Bertz CT molecular complexity index is 1620. The molecule has 1 aromatic carbocycles. The molecule has 1 amide bonds. The predicted molar refractivity (Wildman–Crippen MR) is 127 cm³/mol. The Labute approximate surface area is 211 Å². The molecule has 0 saturated carbocycles. The number of fused-ring (bicyclic) bond motifs is 1. The smallest absolute Gasteiger partial charge is 0.387 e. The molecule has 0 aliphatic carbocycles. The van der Waals surface area contributed by atoms with Crippen LogP contribution in [0.2, 0.25) is 5.02 Å². The van der Waals surface area contributed by atoms with Gasteiger partial charge in [0.15, 0.2) is 11.5 Å². The van der Waals surface area contributed by atoms with Crippen molar-refractivity contribution in [1.82, 2.24) is 34.7 Å². The van der Waals surface area contributed by atoms with E-state index in [0.29, 0.717) is 21.1 Å². The number of hydrogen-bond donors (Lipinski definition) is 2. The summed E-state index contributed by atoms with van der Waals surface area (Å²) in [4.78, 5) is 22.3. The molecule has 10 nitrogen and oxygen atoms in total. The van der Waals surface area contributed by atoms with E-state index in [9.17, 15) is 23.1 Å². The number of carbonyl (C=O) groups is 1. The Hall–Kier alpha value is -4.36. The molecule has 5 aromatic rings. The fourth-order valence-corrected chi connectivity index (χ4v) is 4.11. The van der Waals surface area contributed by atoms with Gasteiger partial charge in [-0.1, -0.05) is 23.7 Å². The normalized spacial score (nSPS) is 12.6. The fourth-order valence-electron chi connectivity index (χ4n) is 3.87. The first-order chi connectivity index (χ1) is 17.6. The van der Waals surface area contributed by atoms with Gasteiger partial charge in [-0.25, -0.2) is 9.67 Å². The molecule has 0 radical (unpaired) electrons. The topological polar surface area (TPSA) is 124 Å². The highest BCUT2D eigenvalue weighted by Gasteiger charge is 2.41. The van der Waals surface area contributed by atoms with E-state index < -0.39 is 29.4 Å². The number of carbonyl (C=O) groups excluding carboxylic acids is 1. The number of aliphatic hydroxyl groups is 1. The molecule has 4 heterocycles. The number of aliphatic hydroxyl groups excluding tert-OH is 1. The van der Waals surface area contributed by atoms with Crippen LogP contribution in [0.15, 0.2) is 61.3 Å². The molecule has 1 atom stereocenters. The maximum atomic E-state index is 14.3. The van der Waals surface area contributed by atoms with E-state index in [1.54, 1.807) is 6.07 Å². The summed E-state index contributed by atoms with van der Waals surface area (Å²) in [6, 6.07) is 7.43. The number of alkyl halides is 3. The monoisotopic (exact) mass is 528 g/mol. The lowest BCUT2D eigenvalue weighted by Crippen LogP contribution is -2.21. The second-order valence-electron chi connectivity index (χ2n) is 7.86. The van der Waals surface area contributed by atoms with E-state index in [-0.39, 0.29) is 22.2 Å².